The molecule has 0 aromatic carbocycles. The molecule has 0 radical (unpaired) electrons. The number of carbonyl (C=O) groups excluding carboxylic acids is 1. The normalized spacial score (nSPS) is 41.0. The number of alkyl halides is 6. The van der Waals surface area contributed by atoms with Crippen LogP contribution in [0.3, 0.4) is 0 Å². The first kappa shape index (κ1) is 16.9. The zero-order valence-corrected chi connectivity index (χ0v) is 12.6. The highest BCUT2D eigenvalue weighted by Crippen LogP contribution is 2.70. The Morgan fingerprint density at radius 1 is 1.09 bits per heavy atom. The van der Waals surface area contributed by atoms with Gasteiger partial charge in [-0.1, -0.05) is 0 Å². The Morgan fingerprint density at radius 2 is 1.61 bits per heavy atom. The molecular weight excluding hydrogens is 326 g/mol. The fourth-order valence-corrected chi connectivity index (χ4v) is 5.58. The van der Waals surface area contributed by atoms with Crippen molar-refractivity contribution in [2.45, 2.75) is 56.8 Å². The number of carbonyl (C=O) groups is 1. The highest BCUT2D eigenvalue weighted by Gasteiger charge is 2.73. The summed E-state index contributed by atoms with van der Waals surface area (Å²) in [7, 11) is 1.14. The van der Waals surface area contributed by atoms with Crippen LogP contribution < -0.4 is 0 Å². The summed E-state index contributed by atoms with van der Waals surface area (Å²) in [5.41, 5.74) is -3.30. The molecule has 0 aromatic rings. The second kappa shape index (κ2) is 4.79. The van der Waals surface area contributed by atoms with Gasteiger partial charge in [-0.25, -0.2) is 13.2 Å². The minimum atomic E-state index is -5.62. The summed E-state index contributed by atoms with van der Waals surface area (Å²) in [6, 6.07) is 0. The van der Waals surface area contributed by atoms with Gasteiger partial charge in [-0.3, -0.25) is 4.79 Å². The number of hydrogen-bond donors (Lipinski definition) is 0. The van der Waals surface area contributed by atoms with Crippen LogP contribution in [-0.2, 0) is 9.53 Å². The highest BCUT2D eigenvalue weighted by atomic mass is 19.4. The molecular formula is C15H18F6O2. The molecule has 8 heteroatoms. The number of halogens is 6. The van der Waals surface area contributed by atoms with E-state index in [9.17, 15) is 31.1 Å². The maximum absolute atomic E-state index is 14.5. The molecule has 23 heavy (non-hydrogen) atoms. The standard InChI is InChI=1S/C15H18F6O2/c1-23-11(22)12-3-8-2-9(4-12)6-13(5-8,7-12)14(17,18)10(16)15(19,20)21/h8-10H,2-7H2,1H3/t8-,9+,10-,12?,13?/m0/s1. The zero-order valence-electron chi connectivity index (χ0n) is 12.6. The predicted octanol–water partition coefficient (Wildman–Crippen LogP) is 4.28. The number of esters is 1. The summed E-state index contributed by atoms with van der Waals surface area (Å²) in [6.07, 6.45) is -9.28. The average Bonchev–Trinajstić information content (AvgIpc) is 2.43. The first-order chi connectivity index (χ1) is 10.5. The number of rotatable bonds is 3. The maximum atomic E-state index is 14.5. The Labute approximate surface area is 129 Å². The molecule has 0 saturated heterocycles. The van der Waals surface area contributed by atoms with Gasteiger partial charge in [-0.05, 0) is 50.4 Å². The molecule has 5 atom stereocenters. The Bertz CT molecular complexity index is 501. The van der Waals surface area contributed by atoms with Gasteiger partial charge < -0.3 is 4.74 Å². The minimum Gasteiger partial charge on any atom is -0.469 e. The molecule has 2 nitrogen and oxygen atoms in total. The van der Waals surface area contributed by atoms with Crippen LogP contribution in [-0.4, -0.2) is 31.3 Å². The van der Waals surface area contributed by atoms with Crippen LogP contribution in [0.25, 0.3) is 0 Å². The summed E-state index contributed by atoms with van der Waals surface area (Å²) in [5.74, 6) is -5.75. The van der Waals surface area contributed by atoms with Crippen molar-refractivity contribution in [1.82, 2.24) is 0 Å². The number of hydrogen-bond acceptors (Lipinski definition) is 2. The molecule has 0 aliphatic heterocycles. The van der Waals surface area contributed by atoms with Crippen molar-refractivity contribution in [3.8, 4) is 0 Å². The van der Waals surface area contributed by atoms with E-state index in [-0.39, 0.29) is 24.7 Å². The van der Waals surface area contributed by atoms with E-state index in [4.69, 9.17) is 4.74 Å². The summed E-state index contributed by atoms with van der Waals surface area (Å²) in [6.45, 7) is 0. The summed E-state index contributed by atoms with van der Waals surface area (Å²) >= 11 is 0. The van der Waals surface area contributed by atoms with Crippen LogP contribution in [0.1, 0.15) is 38.5 Å². The van der Waals surface area contributed by atoms with Crippen LogP contribution in [0.15, 0.2) is 0 Å². The van der Waals surface area contributed by atoms with E-state index in [2.05, 4.69) is 0 Å². The van der Waals surface area contributed by atoms with Crippen LogP contribution in [0.4, 0.5) is 26.3 Å². The van der Waals surface area contributed by atoms with Crippen molar-refractivity contribution >= 4 is 5.97 Å². The van der Waals surface area contributed by atoms with Gasteiger partial charge in [0.15, 0.2) is 0 Å². The van der Waals surface area contributed by atoms with Crippen molar-refractivity contribution in [3.63, 3.8) is 0 Å². The largest absolute Gasteiger partial charge is 0.469 e. The Balaban J connectivity index is 2.00. The lowest BCUT2D eigenvalue weighted by molar-refractivity contribution is -0.306. The average molecular weight is 344 g/mol. The lowest BCUT2D eigenvalue weighted by Crippen LogP contribution is -2.64. The van der Waals surface area contributed by atoms with E-state index >= 15 is 0 Å². The number of ether oxygens (including phenoxy) is 1. The van der Waals surface area contributed by atoms with Gasteiger partial charge in [-0.2, -0.15) is 13.2 Å². The zero-order chi connectivity index (χ0) is 17.3. The first-order valence-corrected chi connectivity index (χ1v) is 7.63. The van der Waals surface area contributed by atoms with Crippen molar-refractivity contribution in [2.24, 2.45) is 22.7 Å². The van der Waals surface area contributed by atoms with Crippen LogP contribution in [0.5, 0.6) is 0 Å². The molecule has 2 unspecified atom stereocenters. The molecule has 132 valence electrons. The predicted molar refractivity (Wildman–Crippen MR) is 67.5 cm³/mol. The monoisotopic (exact) mass is 344 g/mol. The molecule has 4 bridgehead atoms. The van der Waals surface area contributed by atoms with E-state index in [0.29, 0.717) is 19.3 Å². The third-order valence-corrected chi connectivity index (χ3v) is 5.99. The summed E-state index contributed by atoms with van der Waals surface area (Å²) in [5, 5.41) is 0. The van der Waals surface area contributed by atoms with E-state index in [1.165, 1.54) is 0 Å². The molecule has 4 aliphatic rings. The smallest absolute Gasteiger partial charge is 0.425 e. The molecule has 4 saturated carbocycles. The Kier molecular flexibility index (Phi) is 3.51. The highest BCUT2D eigenvalue weighted by molar-refractivity contribution is 5.77. The van der Waals surface area contributed by atoms with Gasteiger partial charge in [0.05, 0.1) is 12.5 Å². The van der Waals surface area contributed by atoms with Gasteiger partial charge in [0.25, 0.3) is 12.1 Å². The lowest BCUT2D eigenvalue weighted by Gasteiger charge is -2.62. The van der Waals surface area contributed by atoms with Crippen molar-refractivity contribution in [2.75, 3.05) is 7.11 Å². The summed E-state index contributed by atoms with van der Waals surface area (Å²) < 4.78 is 85.2. The van der Waals surface area contributed by atoms with E-state index < -0.39 is 41.5 Å². The first-order valence-electron chi connectivity index (χ1n) is 7.63. The molecule has 4 fully saturated rings. The van der Waals surface area contributed by atoms with Gasteiger partial charge in [0.1, 0.15) is 0 Å². The van der Waals surface area contributed by atoms with Crippen molar-refractivity contribution in [3.05, 3.63) is 0 Å². The fraction of sp³-hybridized carbons (Fsp3) is 0.933. The van der Waals surface area contributed by atoms with E-state index in [1.807, 2.05) is 0 Å². The quantitative estimate of drug-likeness (QED) is 0.564. The molecule has 4 aliphatic carbocycles. The van der Waals surface area contributed by atoms with Gasteiger partial charge in [0.2, 0.25) is 0 Å². The van der Waals surface area contributed by atoms with E-state index in [1.54, 1.807) is 0 Å². The lowest BCUT2D eigenvalue weighted by atomic mass is 9.42. The fourth-order valence-electron chi connectivity index (χ4n) is 5.58. The molecule has 0 amide bonds. The topological polar surface area (TPSA) is 26.3 Å². The Hall–Kier alpha value is -0.950. The van der Waals surface area contributed by atoms with Crippen LogP contribution >= 0.6 is 0 Å². The van der Waals surface area contributed by atoms with Crippen LogP contribution in [0.2, 0.25) is 0 Å². The maximum Gasteiger partial charge on any atom is 0.425 e. The molecule has 0 N–H and O–H groups in total. The number of methoxy groups -OCH3 is 1. The third kappa shape index (κ3) is 2.27. The summed E-state index contributed by atoms with van der Waals surface area (Å²) in [4.78, 5) is 12.1. The van der Waals surface area contributed by atoms with Gasteiger partial charge in [0, 0.05) is 5.41 Å². The van der Waals surface area contributed by atoms with Crippen molar-refractivity contribution < 1.29 is 35.9 Å². The molecule has 4 rings (SSSR count). The van der Waals surface area contributed by atoms with E-state index in [0.717, 1.165) is 7.11 Å². The third-order valence-electron chi connectivity index (χ3n) is 5.99. The molecule has 0 spiro atoms. The van der Waals surface area contributed by atoms with Crippen molar-refractivity contribution in [1.29, 1.82) is 0 Å². The second-order valence-corrected chi connectivity index (χ2v) is 7.54. The SMILES string of the molecule is COC(=O)C12C[C@H]3C[C@@H](C1)CC(C(F)(F)[C@H](F)C(F)(F)F)(C3)C2. The molecule has 0 aromatic heterocycles. The van der Waals surface area contributed by atoms with Gasteiger partial charge in [-0.15, -0.1) is 0 Å². The van der Waals surface area contributed by atoms with Gasteiger partial charge >= 0.3 is 12.1 Å². The second-order valence-electron chi connectivity index (χ2n) is 7.54. The Morgan fingerprint density at radius 3 is 2.04 bits per heavy atom. The van der Waals surface area contributed by atoms with Crippen LogP contribution in [0, 0.1) is 22.7 Å². The minimum absolute atomic E-state index is 0.161. The molecule has 0 heterocycles.